The Morgan fingerprint density at radius 3 is 2.78 bits per heavy atom. The number of thiazole rings is 1. The summed E-state index contributed by atoms with van der Waals surface area (Å²) >= 11 is 3.50. The molecule has 3 nitrogen and oxygen atoms in total. The van der Waals surface area contributed by atoms with Crippen molar-refractivity contribution < 1.29 is 0 Å². The van der Waals surface area contributed by atoms with Crippen molar-refractivity contribution in [1.82, 2.24) is 4.98 Å². The van der Waals surface area contributed by atoms with Crippen LogP contribution in [0.25, 0.3) is 0 Å². The van der Waals surface area contributed by atoms with Gasteiger partial charge in [0, 0.05) is 23.3 Å². The topological polar surface area (TPSA) is 42.2 Å². The van der Waals surface area contributed by atoms with Crippen LogP contribution in [0.15, 0.2) is 17.5 Å². The highest BCUT2D eigenvalue weighted by Gasteiger charge is 2.18. The third-order valence-corrected chi connectivity index (χ3v) is 5.38. The Kier molecular flexibility index (Phi) is 4.37. The lowest BCUT2D eigenvalue weighted by Gasteiger charge is -2.23. The molecule has 98 valence electrons. The molecule has 0 fully saturated rings. The predicted octanol–water partition coefficient (Wildman–Crippen LogP) is 3.42. The van der Waals surface area contributed by atoms with E-state index in [0.29, 0.717) is 12.6 Å². The summed E-state index contributed by atoms with van der Waals surface area (Å²) in [5.41, 5.74) is 6.91. The normalized spacial score (nSPS) is 12.7. The van der Waals surface area contributed by atoms with Crippen LogP contribution in [0, 0.1) is 0 Å². The van der Waals surface area contributed by atoms with Crippen LogP contribution in [-0.2, 0) is 13.0 Å². The van der Waals surface area contributed by atoms with E-state index in [-0.39, 0.29) is 0 Å². The number of anilines is 1. The second kappa shape index (κ2) is 5.82. The summed E-state index contributed by atoms with van der Waals surface area (Å²) in [6.45, 7) is 4.92. The maximum Gasteiger partial charge on any atom is 0.186 e. The summed E-state index contributed by atoms with van der Waals surface area (Å²) in [4.78, 5) is 9.50. The minimum atomic E-state index is 0.353. The molecule has 5 heteroatoms. The molecule has 2 heterocycles. The second-order valence-corrected chi connectivity index (χ2v) is 6.27. The first-order valence-corrected chi connectivity index (χ1v) is 7.81. The maximum atomic E-state index is 5.76. The van der Waals surface area contributed by atoms with E-state index < -0.39 is 0 Å². The van der Waals surface area contributed by atoms with Gasteiger partial charge in [-0.25, -0.2) is 4.98 Å². The molecule has 0 saturated carbocycles. The highest BCUT2D eigenvalue weighted by atomic mass is 32.1. The maximum absolute atomic E-state index is 5.76. The number of thiophene rings is 1. The van der Waals surface area contributed by atoms with Gasteiger partial charge in [-0.2, -0.15) is 0 Å². The van der Waals surface area contributed by atoms with Gasteiger partial charge in [0.2, 0.25) is 0 Å². The predicted molar refractivity (Wildman–Crippen MR) is 80.5 cm³/mol. The average Bonchev–Trinajstić information content (AvgIpc) is 3.05. The molecule has 18 heavy (non-hydrogen) atoms. The van der Waals surface area contributed by atoms with Gasteiger partial charge in [0.1, 0.15) is 0 Å². The van der Waals surface area contributed by atoms with Gasteiger partial charge in [-0.3, -0.25) is 0 Å². The molecular weight excluding hydrogens is 262 g/mol. The lowest BCUT2D eigenvalue weighted by Crippen LogP contribution is -2.20. The number of hydrogen-bond acceptors (Lipinski definition) is 5. The van der Waals surface area contributed by atoms with Gasteiger partial charge < -0.3 is 10.6 Å². The van der Waals surface area contributed by atoms with Crippen LogP contribution in [0.5, 0.6) is 0 Å². The fraction of sp³-hybridized carbons (Fsp3) is 0.462. The summed E-state index contributed by atoms with van der Waals surface area (Å²) in [6, 6.07) is 4.62. The molecule has 0 amide bonds. The van der Waals surface area contributed by atoms with E-state index in [4.69, 9.17) is 10.7 Å². The van der Waals surface area contributed by atoms with Gasteiger partial charge in [0.15, 0.2) is 5.13 Å². The van der Waals surface area contributed by atoms with Gasteiger partial charge >= 0.3 is 0 Å². The highest BCUT2D eigenvalue weighted by molar-refractivity contribution is 7.15. The molecule has 0 aromatic carbocycles. The first-order chi connectivity index (χ1) is 8.67. The molecule has 1 atom stereocenters. The summed E-state index contributed by atoms with van der Waals surface area (Å²) in [7, 11) is 2.10. The van der Waals surface area contributed by atoms with E-state index in [1.54, 1.807) is 22.7 Å². The Morgan fingerprint density at radius 2 is 2.28 bits per heavy atom. The summed E-state index contributed by atoms with van der Waals surface area (Å²) in [6.07, 6.45) is 0.949. The zero-order chi connectivity index (χ0) is 13.1. The van der Waals surface area contributed by atoms with Gasteiger partial charge in [0.05, 0.1) is 11.7 Å². The highest BCUT2D eigenvalue weighted by Crippen LogP contribution is 2.32. The number of aryl methyl sites for hydroxylation is 1. The Morgan fingerprint density at radius 1 is 1.50 bits per heavy atom. The Bertz CT molecular complexity index is 469. The average molecular weight is 281 g/mol. The quantitative estimate of drug-likeness (QED) is 0.913. The van der Waals surface area contributed by atoms with Crippen LogP contribution >= 0.6 is 22.7 Å². The number of nitrogens with zero attached hydrogens (tertiary/aromatic N) is 2. The minimum absolute atomic E-state index is 0.353. The standard InChI is InChI=1S/C13H19N3S2/c1-4-10-12(8-14)18-13(15-10)16(3)9(2)11-6-5-7-17-11/h5-7,9H,4,8,14H2,1-3H3. The van der Waals surface area contributed by atoms with E-state index in [1.807, 2.05) is 0 Å². The van der Waals surface area contributed by atoms with Crippen LogP contribution in [0.4, 0.5) is 5.13 Å². The zero-order valence-electron chi connectivity index (χ0n) is 11.0. The second-order valence-electron chi connectivity index (χ2n) is 4.23. The molecule has 2 N–H and O–H groups in total. The van der Waals surface area contributed by atoms with Crippen molar-refractivity contribution >= 4 is 27.8 Å². The molecule has 0 bridgehead atoms. The smallest absolute Gasteiger partial charge is 0.186 e. The molecule has 0 spiro atoms. The third kappa shape index (κ3) is 2.58. The number of nitrogens with two attached hydrogens (primary N) is 1. The van der Waals surface area contributed by atoms with Crippen molar-refractivity contribution in [1.29, 1.82) is 0 Å². The van der Waals surface area contributed by atoms with Gasteiger partial charge in [-0.1, -0.05) is 13.0 Å². The number of rotatable bonds is 5. The Hall–Kier alpha value is -0.910. The molecule has 1 unspecified atom stereocenters. The van der Waals surface area contributed by atoms with Crippen LogP contribution in [0.2, 0.25) is 0 Å². The molecule has 0 radical (unpaired) electrons. The summed E-state index contributed by atoms with van der Waals surface area (Å²) in [5.74, 6) is 0. The lowest BCUT2D eigenvalue weighted by molar-refractivity contribution is 0.748. The van der Waals surface area contributed by atoms with Crippen LogP contribution in [0.1, 0.15) is 35.3 Å². The van der Waals surface area contributed by atoms with Crippen molar-refractivity contribution in [2.45, 2.75) is 32.9 Å². The number of aromatic nitrogens is 1. The van der Waals surface area contributed by atoms with Gasteiger partial charge in [0.25, 0.3) is 0 Å². The third-order valence-electron chi connectivity index (χ3n) is 3.12. The lowest BCUT2D eigenvalue weighted by atomic mass is 10.2. The monoisotopic (exact) mass is 281 g/mol. The fourth-order valence-electron chi connectivity index (χ4n) is 1.84. The van der Waals surface area contributed by atoms with E-state index in [2.05, 4.69) is 43.3 Å². The Labute approximate surface area is 116 Å². The van der Waals surface area contributed by atoms with E-state index >= 15 is 0 Å². The van der Waals surface area contributed by atoms with Crippen LogP contribution < -0.4 is 10.6 Å². The van der Waals surface area contributed by atoms with Gasteiger partial charge in [-0.15, -0.1) is 22.7 Å². The first-order valence-electron chi connectivity index (χ1n) is 6.12. The Balaban J connectivity index is 2.23. The van der Waals surface area contributed by atoms with Crippen molar-refractivity contribution in [3.8, 4) is 0 Å². The van der Waals surface area contributed by atoms with Crippen molar-refractivity contribution in [3.05, 3.63) is 33.0 Å². The molecule has 0 aliphatic heterocycles. The van der Waals surface area contributed by atoms with Crippen molar-refractivity contribution in [2.24, 2.45) is 5.73 Å². The minimum Gasteiger partial charge on any atom is -0.344 e. The molecular formula is C13H19N3S2. The van der Waals surface area contributed by atoms with E-state index in [1.165, 1.54) is 9.75 Å². The van der Waals surface area contributed by atoms with Crippen LogP contribution in [-0.4, -0.2) is 12.0 Å². The van der Waals surface area contributed by atoms with Gasteiger partial charge in [-0.05, 0) is 24.8 Å². The molecule has 0 saturated heterocycles. The number of hydrogen-bond donors (Lipinski definition) is 1. The molecule has 0 aliphatic rings. The SMILES string of the molecule is CCc1nc(N(C)C(C)c2cccs2)sc1CN. The summed E-state index contributed by atoms with van der Waals surface area (Å²) in [5, 5.41) is 3.18. The van der Waals surface area contributed by atoms with E-state index in [9.17, 15) is 0 Å². The van der Waals surface area contributed by atoms with Crippen molar-refractivity contribution in [3.63, 3.8) is 0 Å². The molecule has 0 aliphatic carbocycles. The zero-order valence-corrected chi connectivity index (χ0v) is 12.6. The van der Waals surface area contributed by atoms with Crippen LogP contribution in [0.3, 0.4) is 0 Å². The summed E-state index contributed by atoms with van der Waals surface area (Å²) < 4.78 is 0. The fourth-order valence-corrected chi connectivity index (χ4v) is 3.74. The molecule has 2 aromatic rings. The molecule has 2 rings (SSSR count). The van der Waals surface area contributed by atoms with E-state index in [0.717, 1.165) is 17.2 Å². The largest absolute Gasteiger partial charge is 0.344 e. The van der Waals surface area contributed by atoms with Crippen molar-refractivity contribution in [2.75, 3.05) is 11.9 Å². The first kappa shape index (κ1) is 13.5. The molecule has 2 aromatic heterocycles.